The van der Waals surface area contributed by atoms with E-state index in [-0.39, 0.29) is 0 Å². The molecule has 92 valence electrons. The minimum absolute atomic E-state index is 0.531. The molecule has 0 amide bonds. The van der Waals surface area contributed by atoms with E-state index in [1.807, 2.05) is 0 Å². The van der Waals surface area contributed by atoms with Gasteiger partial charge in [0.05, 0.1) is 5.69 Å². The van der Waals surface area contributed by atoms with Crippen LogP contribution in [0.15, 0.2) is 0 Å². The average molecular weight is 233 g/mol. The van der Waals surface area contributed by atoms with Crippen LogP contribution in [-0.2, 0) is 13.0 Å². The molecule has 0 radical (unpaired) electrons. The lowest BCUT2D eigenvalue weighted by molar-refractivity contribution is 0.624. The van der Waals surface area contributed by atoms with Crippen molar-refractivity contribution in [3.05, 3.63) is 11.3 Å². The van der Waals surface area contributed by atoms with E-state index in [0.29, 0.717) is 17.8 Å². The highest BCUT2D eigenvalue weighted by atomic mass is 15.1. The van der Waals surface area contributed by atoms with Crippen molar-refractivity contribution < 1.29 is 0 Å². The van der Waals surface area contributed by atoms with Gasteiger partial charge in [-0.25, -0.2) is 4.98 Å². The molecule has 0 atom stereocenters. The van der Waals surface area contributed by atoms with Crippen molar-refractivity contribution >= 4 is 11.8 Å². The highest BCUT2D eigenvalue weighted by Gasteiger charge is 2.19. The lowest BCUT2D eigenvalue weighted by Gasteiger charge is -2.19. The van der Waals surface area contributed by atoms with E-state index in [1.54, 1.807) is 0 Å². The molecule has 1 fully saturated rings. The molecule has 2 aliphatic rings. The molecule has 0 bridgehead atoms. The van der Waals surface area contributed by atoms with E-state index in [4.69, 9.17) is 5.73 Å². The van der Waals surface area contributed by atoms with Crippen LogP contribution in [0.3, 0.4) is 0 Å². The van der Waals surface area contributed by atoms with Gasteiger partial charge < -0.3 is 16.4 Å². The molecule has 3 rings (SSSR count). The van der Waals surface area contributed by atoms with Crippen LogP contribution in [0.5, 0.6) is 0 Å². The van der Waals surface area contributed by atoms with Gasteiger partial charge in [-0.3, -0.25) is 0 Å². The summed E-state index contributed by atoms with van der Waals surface area (Å²) < 4.78 is 0. The topological polar surface area (TPSA) is 75.9 Å². The maximum Gasteiger partial charge on any atom is 0.225 e. The van der Waals surface area contributed by atoms with Gasteiger partial charge in [0.25, 0.3) is 0 Å². The summed E-state index contributed by atoms with van der Waals surface area (Å²) in [5.41, 5.74) is 8.18. The summed E-state index contributed by atoms with van der Waals surface area (Å²) in [6.45, 7) is 1.78. The number of nitrogen functional groups attached to an aromatic ring is 1. The second-order valence-electron chi connectivity index (χ2n) is 4.91. The van der Waals surface area contributed by atoms with Crippen LogP contribution in [0.2, 0.25) is 0 Å². The molecule has 2 heterocycles. The predicted octanol–water partition coefficient (Wildman–Crippen LogP) is 1.06. The molecule has 0 unspecified atom stereocenters. The van der Waals surface area contributed by atoms with Crippen LogP contribution in [0.4, 0.5) is 11.8 Å². The number of hydrogen-bond donors (Lipinski definition) is 3. The minimum atomic E-state index is 0.531. The largest absolute Gasteiger partial charge is 0.383 e. The van der Waals surface area contributed by atoms with Gasteiger partial charge in [-0.1, -0.05) is 12.8 Å². The molecule has 5 heteroatoms. The Bertz CT molecular complexity index is 412. The number of nitrogens with one attached hydrogen (secondary N) is 2. The fraction of sp³-hybridized carbons (Fsp3) is 0.667. The van der Waals surface area contributed by atoms with E-state index < -0.39 is 0 Å². The maximum atomic E-state index is 6.00. The Hall–Kier alpha value is -1.36. The number of rotatable bonds is 2. The van der Waals surface area contributed by atoms with Gasteiger partial charge in [-0.15, -0.1) is 0 Å². The first kappa shape index (κ1) is 10.8. The molecule has 5 nitrogen and oxygen atoms in total. The molecule has 0 saturated heterocycles. The second-order valence-corrected chi connectivity index (χ2v) is 4.91. The minimum Gasteiger partial charge on any atom is -0.383 e. The molecule has 0 spiro atoms. The number of nitrogens with zero attached hydrogens (tertiary/aromatic N) is 2. The number of fused-ring (bicyclic) bond motifs is 1. The summed E-state index contributed by atoms with van der Waals surface area (Å²) >= 11 is 0. The SMILES string of the molecule is Nc1nc(NC2CCCC2)nc2c1CCNC2. The smallest absolute Gasteiger partial charge is 0.225 e. The Balaban J connectivity index is 1.82. The van der Waals surface area contributed by atoms with Gasteiger partial charge in [0.1, 0.15) is 5.82 Å². The van der Waals surface area contributed by atoms with Crippen LogP contribution < -0.4 is 16.4 Å². The molecule has 1 aromatic rings. The third-order valence-electron chi connectivity index (χ3n) is 3.66. The Kier molecular flexibility index (Phi) is 2.84. The predicted molar refractivity (Wildman–Crippen MR) is 67.7 cm³/mol. The number of hydrogen-bond acceptors (Lipinski definition) is 5. The number of aromatic nitrogens is 2. The van der Waals surface area contributed by atoms with Crippen LogP contribution in [-0.4, -0.2) is 22.6 Å². The summed E-state index contributed by atoms with van der Waals surface area (Å²) in [6, 6.07) is 0.531. The summed E-state index contributed by atoms with van der Waals surface area (Å²) in [5, 5.41) is 6.72. The van der Waals surface area contributed by atoms with Gasteiger partial charge in [-0.05, 0) is 25.8 Å². The second kappa shape index (κ2) is 4.49. The third-order valence-corrected chi connectivity index (χ3v) is 3.66. The first-order valence-electron chi connectivity index (χ1n) is 6.45. The fourth-order valence-corrected chi connectivity index (χ4v) is 2.71. The first-order chi connectivity index (χ1) is 8.33. The summed E-state index contributed by atoms with van der Waals surface area (Å²) in [6.07, 6.45) is 5.99. The van der Waals surface area contributed by atoms with E-state index in [0.717, 1.165) is 30.8 Å². The van der Waals surface area contributed by atoms with Crippen molar-refractivity contribution in [3.8, 4) is 0 Å². The number of nitrogens with two attached hydrogens (primary N) is 1. The monoisotopic (exact) mass is 233 g/mol. The van der Waals surface area contributed by atoms with E-state index in [9.17, 15) is 0 Å². The highest BCUT2D eigenvalue weighted by molar-refractivity contribution is 5.48. The van der Waals surface area contributed by atoms with Crippen molar-refractivity contribution in [1.29, 1.82) is 0 Å². The lowest BCUT2D eigenvalue weighted by Crippen LogP contribution is -2.27. The molecule has 1 aliphatic heterocycles. The quantitative estimate of drug-likeness (QED) is 0.712. The molecule has 17 heavy (non-hydrogen) atoms. The molecular formula is C12H19N5. The summed E-state index contributed by atoms with van der Waals surface area (Å²) in [4.78, 5) is 8.95. The molecule has 1 aliphatic carbocycles. The molecular weight excluding hydrogens is 214 g/mol. The highest BCUT2D eigenvalue weighted by Crippen LogP contribution is 2.23. The van der Waals surface area contributed by atoms with Crippen molar-refractivity contribution in [3.63, 3.8) is 0 Å². The molecule has 0 aromatic carbocycles. The Labute approximate surface area is 101 Å². The van der Waals surface area contributed by atoms with E-state index in [1.165, 1.54) is 25.7 Å². The van der Waals surface area contributed by atoms with Crippen molar-refractivity contribution in [2.75, 3.05) is 17.6 Å². The number of anilines is 2. The van der Waals surface area contributed by atoms with Crippen LogP contribution in [0.1, 0.15) is 36.9 Å². The van der Waals surface area contributed by atoms with Gasteiger partial charge in [0.2, 0.25) is 5.95 Å². The van der Waals surface area contributed by atoms with Gasteiger partial charge >= 0.3 is 0 Å². The first-order valence-corrected chi connectivity index (χ1v) is 6.45. The van der Waals surface area contributed by atoms with Crippen molar-refractivity contribution in [2.45, 2.75) is 44.7 Å². The Morgan fingerprint density at radius 1 is 1.24 bits per heavy atom. The molecule has 1 aromatic heterocycles. The standard InChI is InChI=1S/C12H19N5/c13-11-9-5-6-14-7-10(9)16-12(17-11)15-8-3-1-2-4-8/h8,14H,1-7H2,(H3,13,15,16,17). The third kappa shape index (κ3) is 2.20. The zero-order chi connectivity index (χ0) is 11.7. The lowest BCUT2D eigenvalue weighted by atomic mass is 10.1. The summed E-state index contributed by atoms with van der Waals surface area (Å²) in [7, 11) is 0. The average Bonchev–Trinajstić information content (AvgIpc) is 2.82. The van der Waals surface area contributed by atoms with Crippen LogP contribution in [0.25, 0.3) is 0 Å². The zero-order valence-electron chi connectivity index (χ0n) is 10.00. The maximum absolute atomic E-state index is 6.00. The van der Waals surface area contributed by atoms with Gasteiger partial charge in [0.15, 0.2) is 0 Å². The molecule has 1 saturated carbocycles. The molecule has 4 N–H and O–H groups in total. The zero-order valence-corrected chi connectivity index (χ0v) is 10.00. The van der Waals surface area contributed by atoms with Crippen molar-refractivity contribution in [1.82, 2.24) is 15.3 Å². The van der Waals surface area contributed by atoms with E-state index >= 15 is 0 Å². The van der Waals surface area contributed by atoms with Crippen LogP contribution >= 0.6 is 0 Å². The van der Waals surface area contributed by atoms with E-state index in [2.05, 4.69) is 20.6 Å². The Morgan fingerprint density at radius 3 is 2.88 bits per heavy atom. The van der Waals surface area contributed by atoms with Crippen LogP contribution in [0, 0.1) is 0 Å². The Morgan fingerprint density at radius 2 is 2.06 bits per heavy atom. The van der Waals surface area contributed by atoms with Gasteiger partial charge in [0, 0.05) is 18.2 Å². The van der Waals surface area contributed by atoms with Gasteiger partial charge in [-0.2, -0.15) is 4.98 Å². The normalized spacial score (nSPS) is 20.2. The van der Waals surface area contributed by atoms with Crippen molar-refractivity contribution in [2.24, 2.45) is 0 Å². The fourth-order valence-electron chi connectivity index (χ4n) is 2.71. The summed E-state index contributed by atoms with van der Waals surface area (Å²) in [5.74, 6) is 1.36.